The van der Waals surface area contributed by atoms with Gasteiger partial charge in [0, 0.05) is 24.4 Å². The van der Waals surface area contributed by atoms with Crippen molar-refractivity contribution in [2.24, 2.45) is 0 Å². The molecule has 5 nitrogen and oxygen atoms in total. The Balaban J connectivity index is 1.94. The highest BCUT2D eigenvalue weighted by Crippen LogP contribution is 2.28. The van der Waals surface area contributed by atoms with E-state index >= 15 is 0 Å². The van der Waals surface area contributed by atoms with E-state index in [1.54, 1.807) is 11.3 Å². The number of thiophene rings is 1. The lowest BCUT2D eigenvalue weighted by atomic mass is 10.2. The molecule has 0 radical (unpaired) electrons. The molecule has 0 aliphatic rings. The first-order valence-electron chi connectivity index (χ1n) is 5.99. The quantitative estimate of drug-likeness (QED) is 0.788. The molecule has 0 spiro atoms. The van der Waals surface area contributed by atoms with Crippen molar-refractivity contribution < 1.29 is 9.90 Å². The molecule has 2 rings (SSSR count). The summed E-state index contributed by atoms with van der Waals surface area (Å²) < 4.78 is 0.692. The Kier molecular flexibility index (Phi) is 5.38. The topological polar surface area (TPSA) is 66.3 Å². The molecule has 0 saturated heterocycles. The SMILES string of the molecule is CC(Cc1cccs1)N(C)c1nnc(SCC(=O)O)s1. The van der Waals surface area contributed by atoms with Gasteiger partial charge in [-0.1, -0.05) is 29.2 Å². The predicted molar refractivity (Wildman–Crippen MR) is 84.2 cm³/mol. The first-order chi connectivity index (χ1) is 9.56. The van der Waals surface area contributed by atoms with Gasteiger partial charge in [-0.25, -0.2) is 0 Å². The van der Waals surface area contributed by atoms with Crippen molar-refractivity contribution in [3.05, 3.63) is 22.4 Å². The number of nitrogens with zero attached hydrogens (tertiary/aromatic N) is 3. The van der Waals surface area contributed by atoms with Gasteiger partial charge in [0.15, 0.2) is 4.34 Å². The lowest BCUT2D eigenvalue weighted by Crippen LogP contribution is -2.30. The third kappa shape index (κ3) is 4.19. The van der Waals surface area contributed by atoms with Gasteiger partial charge >= 0.3 is 5.97 Å². The number of hydrogen-bond acceptors (Lipinski definition) is 7. The average Bonchev–Trinajstić information content (AvgIpc) is 3.06. The minimum atomic E-state index is -0.842. The highest BCUT2D eigenvalue weighted by Gasteiger charge is 2.16. The third-order valence-electron chi connectivity index (χ3n) is 2.75. The second kappa shape index (κ2) is 7.05. The molecule has 0 saturated carbocycles. The number of likely N-dealkylation sites (N-methyl/N-ethyl adjacent to an activating group) is 1. The van der Waals surface area contributed by atoms with Crippen LogP contribution in [-0.2, 0) is 11.2 Å². The molecule has 2 aromatic heterocycles. The van der Waals surface area contributed by atoms with E-state index in [4.69, 9.17) is 5.11 Å². The third-order valence-corrected chi connectivity index (χ3v) is 5.79. The van der Waals surface area contributed by atoms with E-state index in [2.05, 4.69) is 39.5 Å². The van der Waals surface area contributed by atoms with E-state index < -0.39 is 5.97 Å². The summed E-state index contributed by atoms with van der Waals surface area (Å²) in [6, 6.07) is 4.50. The summed E-state index contributed by atoms with van der Waals surface area (Å²) in [5.41, 5.74) is 0. The second-order valence-corrected chi connectivity index (χ2v) is 7.49. The first-order valence-corrected chi connectivity index (χ1v) is 8.67. The Morgan fingerprint density at radius 2 is 2.35 bits per heavy atom. The van der Waals surface area contributed by atoms with Gasteiger partial charge in [-0.15, -0.1) is 21.5 Å². The van der Waals surface area contributed by atoms with Crippen molar-refractivity contribution in [3.8, 4) is 0 Å². The monoisotopic (exact) mass is 329 g/mol. The molecule has 8 heteroatoms. The van der Waals surface area contributed by atoms with Gasteiger partial charge in [-0.2, -0.15) is 0 Å². The maximum Gasteiger partial charge on any atom is 0.313 e. The van der Waals surface area contributed by atoms with Gasteiger partial charge in [0.05, 0.1) is 5.75 Å². The summed E-state index contributed by atoms with van der Waals surface area (Å²) in [6.45, 7) is 2.14. The Morgan fingerprint density at radius 3 is 3.00 bits per heavy atom. The van der Waals surface area contributed by atoms with Gasteiger partial charge in [0.25, 0.3) is 0 Å². The molecule has 0 aliphatic heterocycles. The fourth-order valence-electron chi connectivity index (χ4n) is 1.57. The highest BCUT2D eigenvalue weighted by molar-refractivity contribution is 8.01. The molecule has 0 aromatic carbocycles. The second-order valence-electron chi connectivity index (χ2n) is 4.28. The number of rotatable bonds is 7. The number of carboxylic acid groups (broad SMARTS) is 1. The Morgan fingerprint density at radius 1 is 1.55 bits per heavy atom. The summed E-state index contributed by atoms with van der Waals surface area (Å²) in [6.07, 6.45) is 0.964. The van der Waals surface area contributed by atoms with E-state index in [1.807, 2.05) is 7.05 Å². The zero-order valence-electron chi connectivity index (χ0n) is 11.1. The molecule has 1 unspecified atom stereocenters. The van der Waals surface area contributed by atoms with Gasteiger partial charge in [-0.3, -0.25) is 4.79 Å². The van der Waals surface area contributed by atoms with Crippen LogP contribution in [0.4, 0.5) is 5.13 Å². The van der Waals surface area contributed by atoms with Crippen molar-refractivity contribution in [2.75, 3.05) is 17.7 Å². The standard InChI is InChI=1S/C12H15N3O2S3/c1-8(6-9-4-3-5-18-9)15(2)11-13-14-12(20-11)19-7-10(16)17/h3-5,8H,6-7H2,1-2H3,(H,16,17). The molecule has 2 heterocycles. The van der Waals surface area contributed by atoms with E-state index in [0.29, 0.717) is 10.4 Å². The van der Waals surface area contributed by atoms with Gasteiger partial charge in [-0.05, 0) is 18.4 Å². The molecule has 2 aromatic rings. The van der Waals surface area contributed by atoms with Crippen LogP contribution in [0.1, 0.15) is 11.8 Å². The molecular formula is C12H15N3O2S3. The maximum atomic E-state index is 10.5. The number of thioether (sulfide) groups is 1. The van der Waals surface area contributed by atoms with Crippen LogP contribution in [0.2, 0.25) is 0 Å². The van der Waals surface area contributed by atoms with Crippen molar-refractivity contribution >= 4 is 45.5 Å². The average molecular weight is 329 g/mol. The van der Waals surface area contributed by atoms with E-state index in [0.717, 1.165) is 11.6 Å². The minimum absolute atomic E-state index is 0.0170. The number of hydrogen-bond donors (Lipinski definition) is 1. The highest BCUT2D eigenvalue weighted by atomic mass is 32.2. The smallest absolute Gasteiger partial charge is 0.313 e. The van der Waals surface area contributed by atoms with Crippen LogP contribution < -0.4 is 4.90 Å². The van der Waals surface area contributed by atoms with Crippen molar-refractivity contribution in [3.63, 3.8) is 0 Å². The first kappa shape index (κ1) is 15.3. The maximum absolute atomic E-state index is 10.5. The van der Waals surface area contributed by atoms with Crippen molar-refractivity contribution in [1.82, 2.24) is 10.2 Å². The largest absolute Gasteiger partial charge is 0.481 e. The Labute approximate surface area is 129 Å². The van der Waals surface area contributed by atoms with Crippen LogP contribution >= 0.6 is 34.4 Å². The molecule has 0 bridgehead atoms. The fourth-order valence-corrected chi connectivity index (χ4v) is 4.02. The molecule has 1 N–H and O–H groups in total. The van der Waals surface area contributed by atoms with E-state index in [9.17, 15) is 4.79 Å². The summed E-state index contributed by atoms with van der Waals surface area (Å²) in [5, 5.41) is 19.7. The normalized spacial score (nSPS) is 12.3. The number of carbonyl (C=O) groups is 1. The Bertz CT molecular complexity index is 556. The molecule has 108 valence electrons. The molecule has 0 fully saturated rings. The van der Waals surface area contributed by atoms with Crippen LogP contribution in [0.25, 0.3) is 0 Å². The van der Waals surface area contributed by atoms with Gasteiger partial charge < -0.3 is 10.0 Å². The van der Waals surface area contributed by atoms with Crippen LogP contribution in [0, 0.1) is 0 Å². The lowest BCUT2D eigenvalue weighted by Gasteiger charge is -2.23. The molecule has 0 aliphatic carbocycles. The summed E-state index contributed by atoms with van der Waals surface area (Å²) in [7, 11) is 1.99. The predicted octanol–water partition coefficient (Wildman–Crippen LogP) is 2.84. The van der Waals surface area contributed by atoms with Crippen molar-refractivity contribution in [2.45, 2.75) is 23.7 Å². The van der Waals surface area contributed by atoms with Gasteiger partial charge in [0.1, 0.15) is 0 Å². The Hall–Kier alpha value is -1.12. The zero-order valence-corrected chi connectivity index (χ0v) is 13.6. The van der Waals surface area contributed by atoms with E-state index in [1.165, 1.54) is 28.0 Å². The number of anilines is 1. The lowest BCUT2D eigenvalue weighted by molar-refractivity contribution is -0.133. The summed E-state index contributed by atoms with van der Waals surface area (Å²) >= 11 is 4.39. The molecule has 1 atom stereocenters. The van der Waals surface area contributed by atoms with Crippen LogP contribution in [0.3, 0.4) is 0 Å². The fraction of sp³-hybridized carbons (Fsp3) is 0.417. The number of aliphatic carboxylic acids is 1. The van der Waals surface area contributed by atoms with Crippen molar-refractivity contribution in [1.29, 1.82) is 0 Å². The van der Waals surface area contributed by atoms with Crippen LogP contribution in [-0.4, -0.2) is 40.1 Å². The number of aromatic nitrogens is 2. The number of carboxylic acids is 1. The van der Waals surface area contributed by atoms with Gasteiger partial charge in [0.2, 0.25) is 5.13 Å². The summed E-state index contributed by atoms with van der Waals surface area (Å²) in [5.74, 6) is -0.825. The van der Waals surface area contributed by atoms with Crippen LogP contribution in [0.5, 0.6) is 0 Å². The molecule has 0 amide bonds. The minimum Gasteiger partial charge on any atom is -0.481 e. The zero-order chi connectivity index (χ0) is 14.5. The molecular weight excluding hydrogens is 314 g/mol. The van der Waals surface area contributed by atoms with E-state index in [-0.39, 0.29) is 5.75 Å². The molecule has 20 heavy (non-hydrogen) atoms. The summed E-state index contributed by atoms with van der Waals surface area (Å²) in [4.78, 5) is 14.0. The van der Waals surface area contributed by atoms with Crippen LogP contribution in [0.15, 0.2) is 21.9 Å².